The average Bonchev–Trinajstić information content (AvgIpc) is 3.07. The fourth-order valence-electron chi connectivity index (χ4n) is 4.02. The van der Waals surface area contributed by atoms with Gasteiger partial charge in [-0.1, -0.05) is 37.4 Å². The summed E-state index contributed by atoms with van der Waals surface area (Å²) in [4.78, 5) is 35.0. The van der Waals surface area contributed by atoms with E-state index in [0.29, 0.717) is 49.9 Å². The number of hydrogen-bond donors (Lipinski definition) is 1. The predicted molar refractivity (Wildman–Crippen MR) is 170 cm³/mol. The van der Waals surface area contributed by atoms with Gasteiger partial charge in [-0.15, -0.1) is 0 Å². The molecule has 238 valence electrons. The molecular weight excluding hydrogens is 576 g/mol. The molecule has 0 spiro atoms. The van der Waals surface area contributed by atoms with Crippen LogP contribution in [0.5, 0.6) is 17.2 Å². The molecule has 0 aliphatic rings. The van der Waals surface area contributed by atoms with E-state index in [9.17, 15) is 14.4 Å². The summed E-state index contributed by atoms with van der Waals surface area (Å²) in [5, 5.41) is 8.85. The van der Waals surface area contributed by atoms with Crippen molar-refractivity contribution in [1.82, 2.24) is 0 Å². The van der Waals surface area contributed by atoms with Crippen LogP contribution in [0.1, 0.15) is 48.9 Å². The van der Waals surface area contributed by atoms with Crippen LogP contribution in [0.15, 0.2) is 97.6 Å². The van der Waals surface area contributed by atoms with E-state index in [1.807, 2.05) is 36.4 Å². The summed E-state index contributed by atoms with van der Waals surface area (Å²) in [7, 11) is 0. The number of benzene rings is 3. The Labute approximate surface area is 264 Å². The average molecular weight is 617 g/mol. The van der Waals surface area contributed by atoms with Crippen LogP contribution in [0.2, 0.25) is 0 Å². The Morgan fingerprint density at radius 1 is 0.622 bits per heavy atom. The van der Waals surface area contributed by atoms with E-state index < -0.39 is 24.5 Å². The monoisotopic (exact) mass is 616 g/mol. The van der Waals surface area contributed by atoms with Crippen LogP contribution in [-0.4, -0.2) is 56.0 Å². The van der Waals surface area contributed by atoms with Gasteiger partial charge in [0.15, 0.2) is 0 Å². The number of carbonyl (C=O) groups excluding carboxylic acids is 3. The second kappa shape index (κ2) is 19.4. The summed E-state index contributed by atoms with van der Waals surface area (Å²) in [6.07, 6.45) is 6.03. The fraction of sp³-hybridized carbons (Fsp3) is 0.306. The van der Waals surface area contributed by atoms with Gasteiger partial charge in [0, 0.05) is 6.08 Å². The lowest BCUT2D eigenvalue weighted by atomic mass is 10.1. The first kappa shape index (κ1) is 34.6. The number of aliphatic hydroxyl groups excluding tert-OH is 1. The highest BCUT2D eigenvalue weighted by Gasteiger charge is 2.10. The van der Waals surface area contributed by atoms with E-state index >= 15 is 0 Å². The van der Waals surface area contributed by atoms with Crippen molar-refractivity contribution in [2.45, 2.75) is 38.5 Å². The molecule has 45 heavy (non-hydrogen) atoms. The molecule has 9 heteroatoms. The summed E-state index contributed by atoms with van der Waals surface area (Å²) in [5.74, 6) is 0.404. The lowest BCUT2D eigenvalue weighted by Crippen LogP contribution is -2.10. The van der Waals surface area contributed by atoms with Gasteiger partial charge in [0.05, 0.1) is 44.2 Å². The van der Waals surface area contributed by atoms with Gasteiger partial charge in [-0.05, 0) is 98.2 Å². The zero-order valence-electron chi connectivity index (χ0n) is 25.4. The van der Waals surface area contributed by atoms with Gasteiger partial charge in [0.2, 0.25) is 0 Å². The molecule has 0 aromatic heterocycles. The maximum absolute atomic E-state index is 12.6. The molecule has 3 rings (SSSR count). The Morgan fingerprint density at radius 2 is 1.09 bits per heavy atom. The summed E-state index contributed by atoms with van der Waals surface area (Å²) < 4.78 is 27.0. The molecule has 0 saturated heterocycles. The van der Waals surface area contributed by atoms with Crippen molar-refractivity contribution >= 4 is 17.9 Å². The quantitative estimate of drug-likeness (QED) is 0.0658. The molecule has 1 N–H and O–H groups in total. The number of aliphatic hydroxyl groups is 1. The van der Waals surface area contributed by atoms with Crippen molar-refractivity contribution in [3.63, 3.8) is 0 Å². The molecule has 0 aliphatic carbocycles. The van der Waals surface area contributed by atoms with Gasteiger partial charge in [0.1, 0.15) is 17.2 Å². The normalized spacial score (nSPS) is 10.4. The minimum Gasteiger partial charge on any atom is -0.494 e. The Morgan fingerprint density at radius 3 is 1.64 bits per heavy atom. The van der Waals surface area contributed by atoms with Crippen LogP contribution in [-0.2, 0) is 19.1 Å². The van der Waals surface area contributed by atoms with E-state index in [2.05, 4.69) is 13.2 Å². The number of rotatable bonds is 20. The molecule has 0 fully saturated rings. The number of carbonyl (C=O) groups is 3. The molecule has 3 aromatic carbocycles. The zero-order chi connectivity index (χ0) is 32.3. The van der Waals surface area contributed by atoms with E-state index in [1.54, 1.807) is 36.4 Å². The van der Waals surface area contributed by atoms with Crippen LogP contribution < -0.4 is 14.2 Å². The van der Waals surface area contributed by atoms with E-state index in [-0.39, 0.29) is 5.57 Å². The summed E-state index contributed by atoms with van der Waals surface area (Å²) in [6, 6.07) is 21.8. The highest BCUT2D eigenvalue weighted by atomic mass is 16.5. The molecule has 0 aliphatic heterocycles. The van der Waals surface area contributed by atoms with E-state index in [0.717, 1.165) is 55.1 Å². The molecule has 0 amide bonds. The van der Waals surface area contributed by atoms with Gasteiger partial charge in [-0.3, -0.25) is 0 Å². The summed E-state index contributed by atoms with van der Waals surface area (Å²) in [6.45, 7) is 8.08. The van der Waals surface area contributed by atoms with Crippen molar-refractivity contribution in [3.8, 4) is 28.4 Å². The molecule has 0 atom stereocenters. The third kappa shape index (κ3) is 12.7. The SMILES string of the molecule is C=CC(=O)OCCCCOc1ccc(C(=O)Oc2ccc(-c3ccc(OCCCCCCOC(=O)C(=C)CO)cc3)cc2)cc1. The topological polar surface area (TPSA) is 118 Å². The lowest BCUT2D eigenvalue weighted by Gasteiger charge is -2.09. The number of esters is 3. The molecule has 0 radical (unpaired) electrons. The molecule has 9 nitrogen and oxygen atoms in total. The first-order chi connectivity index (χ1) is 21.9. The van der Waals surface area contributed by atoms with Crippen LogP contribution >= 0.6 is 0 Å². The second-order valence-electron chi connectivity index (χ2n) is 10.1. The van der Waals surface area contributed by atoms with Gasteiger partial charge in [-0.25, -0.2) is 14.4 Å². The van der Waals surface area contributed by atoms with Gasteiger partial charge in [-0.2, -0.15) is 0 Å². The minimum absolute atomic E-state index is 0.0645. The van der Waals surface area contributed by atoms with Crippen LogP contribution in [0.3, 0.4) is 0 Å². The Kier molecular flexibility index (Phi) is 14.9. The van der Waals surface area contributed by atoms with Gasteiger partial charge < -0.3 is 28.8 Å². The lowest BCUT2D eigenvalue weighted by molar-refractivity contribution is -0.140. The molecular formula is C36H40O9. The summed E-state index contributed by atoms with van der Waals surface area (Å²) >= 11 is 0. The van der Waals surface area contributed by atoms with E-state index in [1.165, 1.54) is 0 Å². The molecule has 0 bridgehead atoms. The van der Waals surface area contributed by atoms with Crippen LogP contribution in [0.25, 0.3) is 11.1 Å². The van der Waals surface area contributed by atoms with Crippen molar-refractivity contribution in [3.05, 3.63) is 103 Å². The first-order valence-corrected chi connectivity index (χ1v) is 14.9. The fourth-order valence-corrected chi connectivity index (χ4v) is 4.02. The maximum Gasteiger partial charge on any atom is 0.343 e. The van der Waals surface area contributed by atoms with Gasteiger partial charge in [0.25, 0.3) is 0 Å². The molecule has 0 heterocycles. The molecule has 0 saturated carbocycles. The minimum atomic E-state index is -0.551. The Bertz CT molecular complexity index is 1380. The number of ether oxygens (including phenoxy) is 5. The summed E-state index contributed by atoms with van der Waals surface area (Å²) in [5.41, 5.74) is 2.46. The van der Waals surface area contributed by atoms with E-state index in [4.69, 9.17) is 28.8 Å². The number of unbranched alkanes of at least 4 members (excludes halogenated alkanes) is 4. The largest absolute Gasteiger partial charge is 0.494 e. The smallest absolute Gasteiger partial charge is 0.343 e. The van der Waals surface area contributed by atoms with Crippen molar-refractivity contribution < 1.29 is 43.2 Å². The highest BCUT2D eigenvalue weighted by molar-refractivity contribution is 5.91. The predicted octanol–water partition coefficient (Wildman–Crippen LogP) is 6.49. The van der Waals surface area contributed by atoms with Crippen molar-refractivity contribution in [2.75, 3.05) is 33.0 Å². The highest BCUT2D eigenvalue weighted by Crippen LogP contribution is 2.25. The zero-order valence-corrected chi connectivity index (χ0v) is 25.4. The Hall–Kier alpha value is -4.89. The van der Waals surface area contributed by atoms with Gasteiger partial charge >= 0.3 is 17.9 Å². The standard InChI is InChI=1S/C36H40O9/c1-3-34(38)43-24-9-8-23-42-32-18-14-30(15-19-32)36(40)45-33-20-12-29(13-21-33)28-10-16-31(17-11-28)41-22-6-4-5-7-25-44-35(39)27(2)26-37/h3,10-21,37H,1-2,4-9,22-26H2. The third-order valence-corrected chi connectivity index (χ3v) is 6.58. The number of hydrogen-bond acceptors (Lipinski definition) is 9. The van der Waals surface area contributed by atoms with Crippen LogP contribution in [0, 0.1) is 0 Å². The third-order valence-electron chi connectivity index (χ3n) is 6.58. The van der Waals surface area contributed by atoms with Crippen molar-refractivity contribution in [1.29, 1.82) is 0 Å². The molecule has 3 aromatic rings. The molecule has 0 unspecified atom stereocenters. The maximum atomic E-state index is 12.6. The van der Waals surface area contributed by atoms with Crippen molar-refractivity contribution in [2.24, 2.45) is 0 Å². The first-order valence-electron chi connectivity index (χ1n) is 14.9. The Balaban J connectivity index is 1.33. The van der Waals surface area contributed by atoms with Crippen LogP contribution in [0.4, 0.5) is 0 Å². The second-order valence-corrected chi connectivity index (χ2v) is 10.1.